The molecule has 3 aromatic rings. The zero-order valence-electron chi connectivity index (χ0n) is 18.1. The van der Waals surface area contributed by atoms with Gasteiger partial charge < -0.3 is 25.2 Å². The Morgan fingerprint density at radius 2 is 1.55 bits per heavy atom. The zero-order valence-corrected chi connectivity index (χ0v) is 18.9. The Kier molecular flexibility index (Phi) is 8.55. The van der Waals surface area contributed by atoms with Gasteiger partial charge in [-0.05, 0) is 60.5 Å². The highest BCUT2D eigenvalue weighted by atomic mass is 35.5. The molecule has 172 valence electrons. The van der Waals surface area contributed by atoms with Gasteiger partial charge in [-0.25, -0.2) is 0 Å². The van der Waals surface area contributed by atoms with E-state index >= 15 is 0 Å². The topological polar surface area (TPSA) is 96.9 Å². The molecule has 0 spiro atoms. The van der Waals surface area contributed by atoms with Crippen LogP contribution in [-0.2, 0) is 6.61 Å². The fraction of sp³-hybridized carbons (Fsp3) is 0.200. The second kappa shape index (κ2) is 11.8. The Balaban J connectivity index is 1.45. The van der Waals surface area contributed by atoms with Gasteiger partial charge in [0.25, 0.3) is 11.8 Å². The van der Waals surface area contributed by atoms with Crippen molar-refractivity contribution in [2.75, 3.05) is 20.2 Å². The van der Waals surface area contributed by atoms with Crippen LogP contribution in [0.1, 0.15) is 32.7 Å². The Bertz CT molecular complexity index is 1100. The number of hydrogen-bond donors (Lipinski definition) is 3. The summed E-state index contributed by atoms with van der Waals surface area (Å²) in [6.07, 6.45) is 0.551. The molecule has 7 nitrogen and oxygen atoms in total. The summed E-state index contributed by atoms with van der Waals surface area (Å²) in [5.74, 6) is 0.480. The van der Waals surface area contributed by atoms with Crippen LogP contribution in [0.2, 0.25) is 5.02 Å². The number of nitrogens with one attached hydrogen (secondary N) is 2. The Morgan fingerprint density at radius 1 is 0.879 bits per heavy atom. The lowest BCUT2D eigenvalue weighted by Gasteiger charge is -2.13. The van der Waals surface area contributed by atoms with E-state index in [4.69, 9.17) is 21.1 Å². The number of carbonyl (C=O) groups excluding carboxylic acids is 2. The molecule has 0 aromatic heterocycles. The number of amides is 2. The van der Waals surface area contributed by atoms with E-state index in [9.17, 15) is 14.7 Å². The summed E-state index contributed by atoms with van der Waals surface area (Å²) >= 11 is 5.90. The van der Waals surface area contributed by atoms with E-state index in [0.717, 1.165) is 5.56 Å². The van der Waals surface area contributed by atoms with Crippen molar-refractivity contribution in [3.8, 4) is 17.2 Å². The number of ether oxygens (including phenoxy) is 2. The fourth-order valence-corrected chi connectivity index (χ4v) is 3.14. The van der Waals surface area contributed by atoms with Crippen LogP contribution < -0.4 is 20.1 Å². The quantitative estimate of drug-likeness (QED) is 0.388. The van der Waals surface area contributed by atoms with Crippen LogP contribution in [-0.4, -0.2) is 37.1 Å². The number of phenolic OH excluding ortho intramolecular Hbond substituents is 1. The van der Waals surface area contributed by atoms with Gasteiger partial charge in [0.05, 0.1) is 7.11 Å². The van der Waals surface area contributed by atoms with Crippen molar-refractivity contribution in [1.29, 1.82) is 0 Å². The SMILES string of the molecule is COc1cc(C(=O)NCCCNC(=O)c2cccc(O)c2)ccc1OCc1ccc(Cl)cc1. The molecule has 0 aliphatic rings. The number of phenols is 1. The Morgan fingerprint density at radius 3 is 2.18 bits per heavy atom. The second-order valence-corrected chi connectivity index (χ2v) is 7.63. The van der Waals surface area contributed by atoms with E-state index in [-0.39, 0.29) is 17.6 Å². The van der Waals surface area contributed by atoms with E-state index in [1.54, 1.807) is 42.5 Å². The summed E-state index contributed by atoms with van der Waals surface area (Å²) in [5.41, 5.74) is 1.78. The minimum Gasteiger partial charge on any atom is -0.508 e. The van der Waals surface area contributed by atoms with Crippen LogP contribution in [0.15, 0.2) is 66.7 Å². The molecular weight excluding hydrogens is 444 g/mol. The average Bonchev–Trinajstić information content (AvgIpc) is 2.83. The molecule has 0 fully saturated rings. The van der Waals surface area contributed by atoms with Crippen LogP contribution >= 0.6 is 11.6 Å². The summed E-state index contributed by atoms with van der Waals surface area (Å²) in [6, 6.07) is 18.4. The van der Waals surface area contributed by atoms with Gasteiger partial charge in [0.2, 0.25) is 0 Å². The highest BCUT2D eigenvalue weighted by molar-refractivity contribution is 6.30. The maximum Gasteiger partial charge on any atom is 0.251 e. The number of benzene rings is 3. The minimum atomic E-state index is -0.281. The molecule has 0 aliphatic carbocycles. The molecule has 0 radical (unpaired) electrons. The smallest absolute Gasteiger partial charge is 0.251 e. The Hall–Kier alpha value is -3.71. The first kappa shape index (κ1) is 23.9. The molecule has 0 saturated heterocycles. The van der Waals surface area contributed by atoms with Crippen molar-refractivity contribution in [2.24, 2.45) is 0 Å². The van der Waals surface area contributed by atoms with Crippen LogP contribution in [0.3, 0.4) is 0 Å². The van der Waals surface area contributed by atoms with Crippen molar-refractivity contribution in [3.63, 3.8) is 0 Å². The molecule has 8 heteroatoms. The number of halogens is 1. The van der Waals surface area contributed by atoms with Gasteiger partial charge in [-0.3, -0.25) is 9.59 Å². The fourth-order valence-electron chi connectivity index (χ4n) is 3.01. The van der Waals surface area contributed by atoms with Crippen molar-refractivity contribution >= 4 is 23.4 Å². The molecule has 0 unspecified atom stereocenters. The molecule has 2 amide bonds. The molecule has 3 N–H and O–H groups in total. The van der Waals surface area contributed by atoms with Crippen molar-refractivity contribution < 1.29 is 24.2 Å². The van der Waals surface area contributed by atoms with Gasteiger partial charge in [-0.1, -0.05) is 29.8 Å². The van der Waals surface area contributed by atoms with Crippen molar-refractivity contribution in [3.05, 3.63) is 88.4 Å². The largest absolute Gasteiger partial charge is 0.508 e. The molecule has 0 bridgehead atoms. The predicted molar refractivity (Wildman–Crippen MR) is 126 cm³/mol. The molecule has 3 aromatic carbocycles. The van der Waals surface area contributed by atoms with E-state index in [0.29, 0.717) is 53.8 Å². The molecule has 0 atom stereocenters. The van der Waals surface area contributed by atoms with Crippen molar-refractivity contribution in [2.45, 2.75) is 13.0 Å². The molecule has 0 heterocycles. The highest BCUT2D eigenvalue weighted by Gasteiger charge is 2.12. The number of methoxy groups -OCH3 is 1. The third-order valence-electron chi connectivity index (χ3n) is 4.77. The normalized spacial score (nSPS) is 10.4. The third kappa shape index (κ3) is 7.15. The lowest BCUT2D eigenvalue weighted by Crippen LogP contribution is -2.29. The number of carbonyl (C=O) groups is 2. The monoisotopic (exact) mass is 468 g/mol. The first-order valence-corrected chi connectivity index (χ1v) is 10.7. The number of aromatic hydroxyl groups is 1. The lowest BCUT2D eigenvalue weighted by molar-refractivity contribution is 0.0951. The number of rotatable bonds is 10. The predicted octanol–water partition coefficient (Wildman–Crippen LogP) is 4.18. The maximum atomic E-state index is 12.5. The summed E-state index contributed by atoms with van der Waals surface area (Å²) in [5, 5.41) is 15.7. The summed E-state index contributed by atoms with van der Waals surface area (Å²) < 4.78 is 11.2. The molecule has 0 saturated carbocycles. The summed E-state index contributed by atoms with van der Waals surface area (Å²) in [7, 11) is 1.52. The lowest BCUT2D eigenvalue weighted by atomic mass is 10.2. The van der Waals surface area contributed by atoms with E-state index in [1.165, 1.54) is 19.2 Å². The van der Waals surface area contributed by atoms with Crippen LogP contribution in [0.25, 0.3) is 0 Å². The van der Waals surface area contributed by atoms with Gasteiger partial charge in [0.15, 0.2) is 11.5 Å². The van der Waals surface area contributed by atoms with Crippen LogP contribution in [0.4, 0.5) is 0 Å². The zero-order chi connectivity index (χ0) is 23.6. The molecule has 33 heavy (non-hydrogen) atoms. The van der Waals surface area contributed by atoms with Gasteiger partial charge in [-0.2, -0.15) is 0 Å². The van der Waals surface area contributed by atoms with E-state index in [1.807, 2.05) is 12.1 Å². The highest BCUT2D eigenvalue weighted by Crippen LogP contribution is 2.29. The molecular formula is C25H25ClN2O5. The average molecular weight is 469 g/mol. The van der Waals surface area contributed by atoms with Gasteiger partial charge >= 0.3 is 0 Å². The van der Waals surface area contributed by atoms with Gasteiger partial charge in [0.1, 0.15) is 12.4 Å². The number of hydrogen-bond acceptors (Lipinski definition) is 5. The maximum absolute atomic E-state index is 12.5. The molecule has 0 aliphatic heterocycles. The van der Waals surface area contributed by atoms with E-state index < -0.39 is 0 Å². The first-order valence-electron chi connectivity index (χ1n) is 10.4. The van der Waals surface area contributed by atoms with Crippen LogP contribution in [0, 0.1) is 0 Å². The standard InChI is InChI=1S/C25H25ClN2O5/c1-32-23-15-19(8-11-22(23)33-16-17-6-9-20(26)10-7-17)25(31)28-13-3-12-27-24(30)18-4-2-5-21(29)14-18/h2,4-11,14-15,29H,3,12-13,16H2,1H3,(H,27,30)(H,28,31). The summed E-state index contributed by atoms with van der Waals surface area (Å²) in [6.45, 7) is 1.11. The molecule has 3 rings (SSSR count). The second-order valence-electron chi connectivity index (χ2n) is 7.20. The third-order valence-corrected chi connectivity index (χ3v) is 5.02. The minimum absolute atomic E-state index is 0.0340. The Labute approximate surface area is 197 Å². The van der Waals surface area contributed by atoms with Crippen molar-refractivity contribution in [1.82, 2.24) is 10.6 Å². The van der Waals surface area contributed by atoms with Gasteiger partial charge in [-0.15, -0.1) is 0 Å². The van der Waals surface area contributed by atoms with Gasteiger partial charge in [0, 0.05) is 29.2 Å². The first-order chi connectivity index (χ1) is 16.0. The van der Waals surface area contributed by atoms with E-state index in [2.05, 4.69) is 10.6 Å². The summed E-state index contributed by atoms with van der Waals surface area (Å²) in [4.78, 5) is 24.5. The van der Waals surface area contributed by atoms with Crippen LogP contribution in [0.5, 0.6) is 17.2 Å².